The average Bonchev–Trinajstić information content (AvgIpc) is 3.09. The molecular formula is C21H15Cl2N3O2. The summed E-state index contributed by atoms with van der Waals surface area (Å²) in [4.78, 5) is 19.1. The van der Waals surface area contributed by atoms with E-state index in [0.29, 0.717) is 38.4 Å². The second kappa shape index (κ2) is 7.19. The van der Waals surface area contributed by atoms with Crippen LogP contribution in [0.5, 0.6) is 11.5 Å². The molecule has 28 heavy (non-hydrogen) atoms. The second-order valence-corrected chi connectivity index (χ2v) is 7.15. The molecule has 3 aromatic carbocycles. The first-order valence-corrected chi connectivity index (χ1v) is 9.20. The van der Waals surface area contributed by atoms with Gasteiger partial charge in [0.2, 0.25) is 5.91 Å². The largest absolute Gasteiger partial charge is 0.456 e. The number of nitrogens with two attached hydrogens (primary N) is 1. The maximum atomic E-state index is 11.3. The van der Waals surface area contributed by atoms with Crippen LogP contribution in [0.15, 0.2) is 54.6 Å². The van der Waals surface area contributed by atoms with Crippen molar-refractivity contribution in [3.63, 3.8) is 0 Å². The topological polar surface area (TPSA) is 81.0 Å². The number of benzene rings is 3. The smallest absolute Gasteiger partial charge is 0.248 e. The van der Waals surface area contributed by atoms with Gasteiger partial charge in [0.1, 0.15) is 17.3 Å². The quantitative estimate of drug-likeness (QED) is 0.449. The molecule has 0 saturated carbocycles. The molecule has 7 heteroatoms. The zero-order chi connectivity index (χ0) is 19.8. The number of amides is 1. The van der Waals surface area contributed by atoms with Crippen LogP contribution in [0, 0.1) is 6.92 Å². The Morgan fingerprint density at radius 1 is 1.04 bits per heavy atom. The molecule has 0 aliphatic heterocycles. The lowest BCUT2D eigenvalue weighted by atomic mass is 10.2. The second-order valence-electron chi connectivity index (χ2n) is 6.34. The molecule has 0 fully saturated rings. The van der Waals surface area contributed by atoms with Crippen molar-refractivity contribution in [2.75, 3.05) is 0 Å². The molecule has 1 aromatic heterocycles. The van der Waals surface area contributed by atoms with Crippen molar-refractivity contribution >= 4 is 40.1 Å². The number of ether oxygens (including phenoxy) is 1. The van der Waals surface area contributed by atoms with Crippen LogP contribution in [0.3, 0.4) is 0 Å². The number of rotatable bonds is 4. The summed E-state index contributed by atoms with van der Waals surface area (Å²) >= 11 is 12.5. The molecule has 0 spiro atoms. The van der Waals surface area contributed by atoms with Crippen LogP contribution in [0.25, 0.3) is 22.4 Å². The zero-order valence-corrected chi connectivity index (χ0v) is 16.3. The molecule has 0 atom stereocenters. The van der Waals surface area contributed by atoms with E-state index in [4.69, 9.17) is 33.7 Å². The van der Waals surface area contributed by atoms with Crippen LogP contribution in [-0.2, 0) is 0 Å². The molecule has 0 bridgehead atoms. The molecule has 0 aliphatic rings. The molecule has 4 rings (SSSR count). The van der Waals surface area contributed by atoms with Crippen LogP contribution >= 0.6 is 23.2 Å². The minimum Gasteiger partial charge on any atom is -0.456 e. The standard InChI is InChI=1S/C21H15Cl2N3O2/c1-11-2-5-14(10-15(11)22)28-19-7-4-13(8-16(19)23)21-25-17-6-3-12(20(24)27)9-18(17)26-21/h2-10H,1H3,(H2,24,27)(H,25,26). The van der Waals surface area contributed by atoms with Gasteiger partial charge in [-0.05, 0) is 61.0 Å². The summed E-state index contributed by atoms with van der Waals surface area (Å²) in [5.41, 5.74) is 8.94. The number of carbonyl (C=O) groups excluding carboxylic acids is 1. The van der Waals surface area contributed by atoms with Crippen LogP contribution in [0.2, 0.25) is 10.0 Å². The van der Waals surface area contributed by atoms with Gasteiger partial charge < -0.3 is 15.5 Å². The average molecular weight is 412 g/mol. The Kier molecular flexibility index (Phi) is 4.71. The van der Waals surface area contributed by atoms with Crippen LogP contribution in [0.1, 0.15) is 15.9 Å². The number of aromatic nitrogens is 2. The Bertz CT molecular complexity index is 1220. The van der Waals surface area contributed by atoms with Gasteiger partial charge in [0, 0.05) is 16.1 Å². The number of imidazole rings is 1. The minimum absolute atomic E-state index is 0.407. The summed E-state index contributed by atoms with van der Waals surface area (Å²) in [6.45, 7) is 1.92. The third-order valence-electron chi connectivity index (χ3n) is 4.34. The van der Waals surface area contributed by atoms with E-state index in [1.807, 2.05) is 25.1 Å². The van der Waals surface area contributed by atoms with Gasteiger partial charge in [0.25, 0.3) is 0 Å². The molecule has 1 heterocycles. The molecule has 0 unspecified atom stereocenters. The molecule has 5 nitrogen and oxygen atoms in total. The lowest BCUT2D eigenvalue weighted by molar-refractivity contribution is 0.100. The highest BCUT2D eigenvalue weighted by Gasteiger charge is 2.11. The summed E-state index contributed by atoms with van der Waals surface area (Å²) < 4.78 is 5.84. The van der Waals surface area contributed by atoms with E-state index in [1.54, 1.807) is 36.4 Å². The molecular weight excluding hydrogens is 397 g/mol. The van der Waals surface area contributed by atoms with E-state index < -0.39 is 5.91 Å². The van der Waals surface area contributed by atoms with Gasteiger partial charge in [-0.25, -0.2) is 4.98 Å². The fourth-order valence-electron chi connectivity index (χ4n) is 2.79. The fraction of sp³-hybridized carbons (Fsp3) is 0.0476. The van der Waals surface area contributed by atoms with Crippen molar-refractivity contribution in [2.24, 2.45) is 5.73 Å². The summed E-state index contributed by atoms with van der Waals surface area (Å²) in [7, 11) is 0. The SMILES string of the molecule is Cc1ccc(Oc2ccc(-c3nc4cc(C(N)=O)ccc4[nH]3)cc2Cl)cc1Cl. The first-order valence-electron chi connectivity index (χ1n) is 8.44. The number of nitrogens with zero attached hydrogens (tertiary/aromatic N) is 1. The summed E-state index contributed by atoms with van der Waals surface area (Å²) in [5.74, 6) is 1.25. The van der Waals surface area contributed by atoms with Crippen LogP contribution < -0.4 is 10.5 Å². The minimum atomic E-state index is -0.493. The van der Waals surface area contributed by atoms with E-state index >= 15 is 0 Å². The third kappa shape index (κ3) is 3.54. The highest BCUT2D eigenvalue weighted by molar-refractivity contribution is 6.32. The molecule has 3 N–H and O–H groups in total. The van der Waals surface area contributed by atoms with E-state index in [-0.39, 0.29) is 0 Å². The first kappa shape index (κ1) is 18.3. The molecule has 1 amide bonds. The van der Waals surface area contributed by atoms with E-state index in [9.17, 15) is 4.79 Å². The predicted molar refractivity (Wildman–Crippen MR) is 111 cm³/mol. The maximum absolute atomic E-state index is 11.3. The summed E-state index contributed by atoms with van der Waals surface area (Å²) in [5, 5.41) is 1.07. The lowest BCUT2D eigenvalue weighted by Crippen LogP contribution is -2.10. The van der Waals surface area contributed by atoms with Crippen LogP contribution in [-0.4, -0.2) is 15.9 Å². The molecule has 140 valence electrons. The van der Waals surface area contributed by atoms with E-state index in [0.717, 1.165) is 16.6 Å². The number of carbonyl (C=O) groups is 1. The Morgan fingerprint density at radius 2 is 1.86 bits per heavy atom. The van der Waals surface area contributed by atoms with Crippen molar-refractivity contribution in [3.05, 3.63) is 75.8 Å². The van der Waals surface area contributed by atoms with Gasteiger partial charge in [0.15, 0.2) is 0 Å². The van der Waals surface area contributed by atoms with Gasteiger partial charge >= 0.3 is 0 Å². The monoisotopic (exact) mass is 411 g/mol. The van der Waals surface area contributed by atoms with Crippen molar-refractivity contribution in [3.8, 4) is 22.9 Å². The van der Waals surface area contributed by atoms with Crippen molar-refractivity contribution in [2.45, 2.75) is 6.92 Å². The number of hydrogen-bond donors (Lipinski definition) is 2. The number of aryl methyl sites for hydroxylation is 1. The van der Waals surface area contributed by atoms with Gasteiger partial charge in [-0.1, -0.05) is 29.3 Å². The predicted octanol–water partition coefficient (Wildman–Crippen LogP) is 5.74. The highest BCUT2D eigenvalue weighted by atomic mass is 35.5. The Balaban J connectivity index is 1.64. The molecule has 0 aliphatic carbocycles. The number of halogens is 2. The van der Waals surface area contributed by atoms with Crippen molar-refractivity contribution in [1.82, 2.24) is 9.97 Å². The fourth-order valence-corrected chi connectivity index (χ4v) is 3.18. The zero-order valence-electron chi connectivity index (χ0n) is 14.8. The van der Waals surface area contributed by atoms with Crippen molar-refractivity contribution < 1.29 is 9.53 Å². The highest BCUT2D eigenvalue weighted by Crippen LogP contribution is 2.34. The Hall–Kier alpha value is -3.02. The van der Waals surface area contributed by atoms with Gasteiger partial charge in [-0.3, -0.25) is 4.79 Å². The summed E-state index contributed by atoms with van der Waals surface area (Å²) in [6.07, 6.45) is 0. The number of aromatic amines is 1. The number of primary amides is 1. The van der Waals surface area contributed by atoms with Crippen LogP contribution in [0.4, 0.5) is 0 Å². The van der Waals surface area contributed by atoms with Gasteiger partial charge in [-0.15, -0.1) is 0 Å². The Labute approximate surface area is 171 Å². The van der Waals surface area contributed by atoms with Gasteiger partial charge in [0.05, 0.1) is 16.1 Å². The van der Waals surface area contributed by atoms with Crippen molar-refractivity contribution in [1.29, 1.82) is 0 Å². The summed E-state index contributed by atoms with van der Waals surface area (Å²) in [6, 6.07) is 15.9. The van der Waals surface area contributed by atoms with Gasteiger partial charge in [-0.2, -0.15) is 0 Å². The van der Waals surface area contributed by atoms with E-state index in [2.05, 4.69) is 9.97 Å². The Morgan fingerprint density at radius 3 is 2.57 bits per heavy atom. The first-order chi connectivity index (χ1) is 13.4. The number of H-pyrrole nitrogens is 1. The van der Waals surface area contributed by atoms with E-state index in [1.165, 1.54) is 0 Å². The number of hydrogen-bond acceptors (Lipinski definition) is 3. The maximum Gasteiger partial charge on any atom is 0.248 e. The normalized spacial score (nSPS) is 11.0. The third-order valence-corrected chi connectivity index (χ3v) is 5.05. The number of nitrogens with one attached hydrogen (secondary N) is 1. The number of fused-ring (bicyclic) bond motifs is 1. The molecule has 4 aromatic rings. The lowest BCUT2D eigenvalue weighted by Gasteiger charge is -2.09. The molecule has 0 saturated heterocycles. The molecule has 0 radical (unpaired) electrons.